The van der Waals surface area contributed by atoms with Crippen molar-refractivity contribution in [2.75, 3.05) is 6.61 Å². The minimum atomic E-state index is -0.772. The van der Waals surface area contributed by atoms with E-state index in [-0.39, 0.29) is 6.54 Å². The molecule has 0 aliphatic carbocycles. The van der Waals surface area contributed by atoms with E-state index in [1.807, 2.05) is 36.4 Å². The number of benzene rings is 3. The molecule has 8 heteroatoms. The van der Waals surface area contributed by atoms with Gasteiger partial charge in [-0.3, -0.25) is 0 Å². The van der Waals surface area contributed by atoms with Crippen LogP contribution in [0, 0.1) is 0 Å². The van der Waals surface area contributed by atoms with Gasteiger partial charge in [0, 0.05) is 12.0 Å². The number of hydrogen-bond acceptors (Lipinski definition) is 6. The van der Waals surface area contributed by atoms with Crippen molar-refractivity contribution in [2.24, 2.45) is 0 Å². The smallest absolute Gasteiger partial charge is 0.440 e. The number of nitrogens with one attached hydrogen (secondary N) is 1. The first-order valence-corrected chi connectivity index (χ1v) is 10.1. The molecule has 0 amide bonds. The summed E-state index contributed by atoms with van der Waals surface area (Å²) in [5.41, 5.74) is 2.00. The number of H-pyrrole nitrogens is 1. The summed E-state index contributed by atoms with van der Waals surface area (Å²) in [5.74, 6) is 0.508. The van der Waals surface area contributed by atoms with Crippen LogP contribution in [0.4, 0.5) is 0 Å². The van der Waals surface area contributed by atoms with Crippen LogP contribution in [0.15, 0.2) is 91.5 Å². The fourth-order valence-electron chi connectivity index (χ4n) is 3.51. The molecule has 5 rings (SSSR count). The molecular formula is C24H19N3O5. The van der Waals surface area contributed by atoms with Crippen molar-refractivity contribution in [3.8, 4) is 17.2 Å². The highest BCUT2D eigenvalue weighted by Crippen LogP contribution is 2.28. The molecule has 3 aromatic carbocycles. The van der Waals surface area contributed by atoms with Crippen molar-refractivity contribution in [2.45, 2.75) is 13.0 Å². The number of aromatic amines is 1. The van der Waals surface area contributed by atoms with E-state index in [9.17, 15) is 9.59 Å². The third-order valence-corrected chi connectivity index (χ3v) is 5.08. The molecule has 0 bridgehead atoms. The number of aromatic nitrogens is 3. The Labute approximate surface area is 181 Å². The van der Waals surface area contributed by atoms with Gasteiger partial charge in [0.15, 0.2) is 0 Å². The topological polar surface area (TPSA) is 103 Å². The highest BCUT2D eigenvalue weighted by molar-refractivity contribution is 5.94. The summed E-state index contributed by atoms with van der Waals surface area (Å²) >= 11 is 0. The van der Waals surface area contributed by atoms with Gasteiger partial charge in [-0.15, -0.1) is 4.74 Å². The van der Waals surface area contributed by atoms with E-state index in [2.05, 4.69) is 28.2 Å². The second-order valence-electron chi connectivity index (χ2n) is 7.26. The maximum absolute atomic E-state index is 11.5. The molecule has 0 fully saturated rings. The number of ether oxygens (including phenoxy) is 1. The molecule has 0 saturated heterocycles. The summed E-state index contributed by atoms with van der Waals surface area (Å²) in [6.45, 7) is 0.598. The second kappa shape index (κ2) is 8.43. The first kappa shape index (κ1) is 19.6. The molecule has 8 nitrogen and oxygen atoms in total. The van der Waals surface area contributed by atoms with Gasteiger partial charge in [0.05, 0.1) is 18.8 Å². The van der Waals surface area contributed by atoms with Crippen LogP contribution in [0.3, 0.4) is 0 Å². The van der Waals surface area contributed by atoms with Gasteiger partial charge >= 0.3 is 11.4 Å². The van der Waals surface area contributed by atoms with Crippen molar-refractivity contribution in [3.63, 3.8) is 0 Å². The average Bonchev–Trinajstić information content (AvgIpc) is 3.40. The monoisotopic (exact) mass is 429 g/mol. The Bertz CT molecular complexity index is 1470. The summed E-state index contributed by atoms with van der Waals surface area (Å²) in [6, 6.07) is 21.4. The van der Waals surface area contributed by atoms with Crippen LogP contribution in [-0.2, 0) is 13.0 Å². The molecule has 0 atom stereocenters. The Hall–Kier alpha value is -4.33. The van der Waals surface area contributed by atoms with Gasteiger partial charge in [-0.2, -0.15) is 0 Å². The van der Waals surface area contributed by atoms with Gasteiger partial charge in [-0.05, 0) is 34.5 Å². The normalized spacial score (nSPS) is 11.1. The van der Waals surface area contributed by atoms with Gasteiger partial charge < -0.3 is 13.7 Å². The Morgan fingerprint density at radius 2 is 1.78 bits per heavy atom. The first-order chi connectivity index (χ1) is 15.7. The average molecular weight is 429 g/mol. The van der Waals surface area contributed by atoms with Crippen molar-refractivity contribution >= 4 is 10.8 Å². The summed E-state index contributed by atoms with van der Waals surface area (Å²) < 4.78 is 17.2. The molecule has 1 N–H and O–H groups in total. The van der Waals surface area contributed by atoms with E-state index in [0.29, 0.717) is 24.7 Å². The molecular weight excluding hydrogens is 410 g/mol. The third-order valence-electron chi connectivity index (χ3n) is 5.08. The Kier molecular flexibility index (Phi) is 5.17. The molecule has 0 aliphatic heterocycles. The van der Waals surface area contributed by atoms with Crippen LogP contribution in [0.1, 0.15) is 11.3 Å². The molecule has 2 aromatic heterocycles. The molecule has 32 heavy (non-hydrogen) atoms. The lowest BCUT2D eigenvalue weighted by atomic mass is 10.0. The van der Waals surface area contributed by atoms with Crippen LogP contribution in [-0.4, -0.2) is 21.3 Å². The Morgan fingerprint density at radius 3 is 2.59 bits per heavy atom. The van der Waals surface area contributed by atoms with E-state index in [1.54, 1.807) is 18.4 Å². The molecule has 5 aromatic rings. The lowest BCUT2D eigenvalue weighted by Crippen LogP contribution is -2.17. The number of fused-ring (bicyclic) bond motifs is 1. The van der Waals surface area contributed by atoms with E-state index in [4.69, 9.17) is 13.7 Å². The van der Waals surface area contributed by atoms with Gasteiger partial charge in [0.2, 0.25) is 5.89 Å². The standard InChI is InChI=1S/C24H19N3O5/c28-23-26-24(29)32-27(23)14-16-8-10-19(11-9-16)30-13-12-18-15-31-22(25-18)21-7-3-5-17-4-1-2-6-20(17)21/h1-11,15H,12-14H2,(H,26,28,29). The molecule has 0 spiro atoms. The number of oxazole rings is 1. The van der Waals surface area contributed by atoms with Crippen LogP contribution in [0.5, 0.6) is 5.75 Å². The van der Waals surface area contributed by atoms with E-state index in [0.717, 1.165) is 32.3 Å². The van der Waals surface area contributed by atoms with Gasteiger partial charge in [-0.1, -0.05) is 48.5 Å². The van der Waals surface area contributed by atoms with Gasteiger partial charge in [-0.25, -0.2) is 19.6 Å². The van der Waals surface area contributed by atoms with E-state index < -0.39 is 11.4 Å². The predicted octanol–water partition coefficient (Wildman–Crippen LogP) is 3.61. The summed E-state index contributed by atoms with van der Waals surface area (Å²) in [6.07, 6.45) is 2.26. The van der Waals surface area contributed by atoms with Crippen LogP contribution >= 0.6 is 0 Å². The lowest BCUT2D eigenvalue weighted by molar-refractivity contribution is 0.258. The second-order valence-corrected chi connectivity index (χ2v) is 7.26. The SMILES string of the molecule is O=c1[nH]c(=O)n(Cc2ccc(OCCc3coc(-c4cccc5ccccc45)n3)cc2)o1. The number of hydrogen-bond donors (Lipinski definition) is 1. The highest BCUT2D eigenvalue weighted by Gasteiger charge is 2.10. The minimum absolute atomic E-state index is 0.160. The quantitative estimate of drug-likeness (QED) is 0.424. The van der Waals surface area contributed by atoms with E-state index in [1.165, 1.54) is 0 Å². The summed E-state index contributed by atoms with van der Waals surface area (Å²) in [5, 5.41) is 2.24. The van der Waals surface area contributed by atoms with Crippen molar-refractivity contribution < 1.29 is 13.7 Å². The molecule has 0 unspecified atom stereocenters. The molecule has 0 saturated carbocycles. The van der Waals surface area contributed by atoms with Crippen molar-refractivity contribution in [1.82, 2.24) is 14.7 Å². The van der Waals surface area contributed by atoms with E-state index >= 15 is 0 Å². The summed E-state index contributed by atoms with van der Waals surface area (Å²) in [4.78, 5) is 29.2. The molecule has 160 valence electrons. The minimum Gasteiger partial charge on any atom is -0.493 e. The van der Waals surface area contributed by atoms with Crippen molar-refractivity contribution in [1.29, 1.82) is 0 Å². The zero-order chi connectivity index (χ0) is 21.9. The first-order valence-electron chi connectivity index (χ1n) is 10.1. The number of rotatable bonds is 7. The zero-order valence-electron chi connectivity index (χ0n) is 17.0. The highest BCUT2D eigenvalue weighted by atomic mass is 16.5. The largest absolute Gasteiger partial charge is 0.493 e. The maximum atomic E-state index is 11.5. The fraction of sp³-hybridized carbons (Fsp3) is 0.125. The van der Waals surface area contributed by atoms with Crippen LogP contribution in [0.25, 0.3) is 22.2 Å². The van der Waals surface area contributed by atoms with Crippen molar-refractivity contribution in [3.05, 3.63) is 105 Å². The Morgan fingerprint density at radius 1 is 0.969 bits per heavy atom. The maximum Gasteiger partial charge on any atom is 0.440 e. The molecule has 0 radical (unpaired) electrons. The number of nitrogens with zero attached hydrogens (tertiary/aromatic N) is 2. The van der Waals surface area contributed by atoms with Crippen LogP contribution < -0.4 is 16.2 Å². The van der Waals surface area contributed by atoms with Gasteiger partial charge in [0.1, 0.15) is 12.0 Å². The molecule has 2 heterocycles. The third kappa shape index (κ3) is 4.11. The lowest BCUT2D eigenvalue weighted by Gasteiger charge is -2.06. The molecule has 0 aliphatic rings. The summed E-state index contributed by atoms with van der Waals surface area (Å²) in [7, 11) is 0. The fourth-order valence-corrected chi connectivity index (χ4v) is 3.51. The van der Waals surface area contributed by atoms with Gasteiger partial charge in [0.25, 0.3) is 0 Å². The Balaban J connectivity index is 1.20. The zero-order valence-corrected chi connectivity index (χ0v) is 17.0. The predicted molar refractivity (Wildman–Crippen MR) is 118 cm³/mol. The van der Waals surface area contributed by atoms with Crippen LogP contribution in [0.2, 0.25) is 0 Å².